The lowest BCUT2D eigenvalue weighted by atomic mass is 10.0. The lowest BCUT2D eigenvalue weighted by Gasteiger charge is -2.13. The molecule has 0 atom stereocenters. The van der Waals surface area contributed by atoms with Crippen LogP contribution >= 0.6 is 0 Å². The Balaban J connectivity index is 1.56. The first-order valence-electron chi connectivity index (χ1n) is 10.1. The van der Waals surface area contributed by atoms with E-state index < -0.39 is 17.7 Å². The first kappa shape index (κ1) is 21.0. The number of nitrogens with one attached hydrogen (secondary N) is 2. The molecule has 32 heavy (non-hydrogen) atoms. The van der Waals surface area contributed by atoms with Crippen LogP contribution in [0.3, 0.4) is 0 Å². The topological polar surface area (TPSA) is 109 Å². The van der Waals surface area contributed by atoms with Crippen LogP contribution in [0.25, 0.3) is 0 Å². The summed E-state index contributed by atoms with van der Waals surface area (Å²) in [6, 6.07) is 14.3. The van der Waals surface area contributed by atoms with Crippen LogP contribution in [-0.2, 0) is 6.54 Å². The standard InChI is InChI=1S/C24H21N3O5/c1-14(2)25-22(29)18-7-3-4-8-20(18)26-21(28)15-9-10-17-19(12-15)24(31)27(23(17)30)13-16-6-5-11-32-16/h3-12,14H,13H2,1-2H3,(H,25,29)(H,26,28). The number of furan rings is 1. The molecule has 0 fully saturated rings. The summed E-state index contributed by atoms with van der Waals surface area (Å²) in [7, 11) is 0. The van der Waals surface area contributed by atoms with Crippen molar-refractivity contribution in [3.8, 4) is 0 Å². The van der Waals surface area contributed by atoms with Crippen LogP contribution in [0, 0.1) is 0 Å². The maximum Gasteiger partial charge on any atom is 0.261 e. The Labute approximate surface area is 184 Å². The molecule has 0 radical (unpaired) electrons. The van der Waals surface area contributed by atoms with Gasteiger partial charge in [0, 0.05) is 11.6 Å². The number of hydrogen-bond acceptors (Lipinski definition) is 5. The van der Waals surface area contributed by atoms with Crippen LogP contribution in [0.2, 0.25) is 0 Å². The van der Waals surface area contributed by atoms with Crippen LogP contribution in [0.15, 0.2) is 65.3 Å². The molecule has 0 spiro atoms. The van der Waals surface area contributed by atoms with Gasteiger partial charge in [0.25, 0.3) is 23.6 Å². The Kier molecular flexibility index (Phi) is 5.59. The number of nitrogens with zero attached hydrogens (tertiary/aromatic N) is 1. The zero-order valence-electron chi connectivity index (χ0n) is 17.5. The Morgan fingerprint density at radius 2 is 1.69 bits per heavy atom. The van der Waals surface area contributed by atoms with Crippen molar-refractivity contribution in [1.82, 2.24) is 10.2 Å². The van der Waals surface area contributed by atoms with Crippen molar-refractivity contribution in [2.75, 3.05) is 5.32 Å². The first-order chi connectivity index (χ1) is 15.3. The molecule has 1 aliphatic rings. The summed E-state index contributed by atoms with van der Waals surface area (Å²) in [6.45, 7) is 3.70. The maximum atomic E-state index is 12.9. The highest BCUT2D eigenvalue weighted by Crippen LogP contribution is 2.26. The fourth-order valence-corrected chi connectivity index (χ4v) is 3.46. The number of rotatable bonds is 6. The number of anilines is 1. The summed E-state index contributed by atoms with van der Waals surface area (Å²) in [5.41, 5.74) is 1.25. The van der Waals surface area contributed by atoms with Crippen molar-refractivity contribution >= 4 is 29.3 Å². The third kappa shape index (κ3) is 4.02. The number of fused-ring (bicyclic) bond motifs is 1. The smallest absolute Gasteiger partial charge is 0.261 e. The largest absolute Gasteiger partial charge is 0.467 e. The van der Waals surface area contributed by atoms with Crippen molar-refractivity contribution in [2.45, 2.75) is 26.4 Å². The SMILES string of the molecule is CC(C)NC(=O)c1ccccc1NC(=O)c1ccc2c(c1)C(=O)N(Cc1ccco1)C2=O. The minimum Gasteiger partial charge on any atom is -0.467 e. The van der Waals surface area contributed by atoms with Crippen LogP contribution in [-0.4, -0.2) is 34.6 Å². The molecule has 4 rings (SSSR count). The summed E-state index contributed by atoms with van der Waals surface area (Å²) in [6.07, 6.45) is 1.47. The molecule has 3 aromatic rings. The molecule has 8 heteroatoms. The van der Waals surface area contributed by atoms with E-state index in [1.807, 2.05) is 13.8 Å². The molecule has 0 saturated carbocycles. The van der Waals surface area contributed by atoms with E-state index in [0.29, 0.717) is 17.0 Å². The zero-order chi connectivity index (χ0) is 22.8. The number of amides is 4. The highest BCUT2D eigenvalue weighted by atomic mass is 16.3. The number of hydrogen-bond donors (Lipinski definition) is 2. The maximum absolute atomic E-state index is 12.9. The number of carbonyl (C=O) groups is 4. The molecule has 0 bridgehead atoms. The predicted octanol–water partition coefficient (Wildman–Crippen LogP) is 3.47. The van der Waals surface area contributed by atoms with Gasteiger partial charge in [-0.05, 0) is 56.3 Å². The second-order valence-electron chi connectivity index (χ2n) is 7.66. The minimum absolute atomic E-state index is 0.0131. The van der Waals surface area contributed by atoms with E-state index in [1.165, 1.54) is 24.5 Å². The monoisotopic (exact) mass is 431 g/mol. The fourth-order valence-electron chi connectivity index (χ4n) is 3.46. The van der Waals surface area contributed by atoms with Crippen LogP contribution in [0.4, 0.5) is 5.69 Å². The summed E-state index contributed by atoms with van der Waals surface area (Å²) in [4.78, 5) is 51.8. The second-order valence-corrected chi connectivity index (χ2v) is 7.66. The van der Waals surface area contributed by atoms with Crippen molar-refractivity contribution in [2.24, 2.45) is 0 Å². The quantitative estimate of drug-likeness (QED) is 0.581. The lowest BCUT2D eigenvalue weighted by molar-refractivity contribution is 0.0631. The number of para-hydroxylation sites is 1. The Morgan fingerprint density at radius 3 is 2.41 bits per heavy atom. The van der Waals surface area contributed by atoms with Gasteiger partial charge in [-0.15, -0.1) is 0 Å². The molecule has 2 N–H and O–H groups in total. The third-order valence-corrected chi connectivity index (χ3v) is 4.97. The predicted molar refractivity (Wildman–Crippen MR) is 116 cm³/mol. The molecule has 2 aromatic carbocycles. The van der Waals surface area contributed by atoms with Crippen LogP contribution in [0.5, 0.6) is 0 Å². The minimum atomic E-state index is -0.498. The van der Waals surface area contributed by atoms with Gasteiger partial charge in [-0.2, -0.15) is 0 Å². The average Bonchev–Trinajstić information content (AvgIpc) is 3.36. The van der Waals surface area contributed by atoms with Gasteiger partial charge < -0.3 is 15.1 Å². The van der Waals surface area contributed by atoms with Crippen molar-refractivity contribution in [3.63, 3.8) is 0 Å². The highest BCUT2D eigenvalue weighted by Gasteiger charge is 2.36. The van der Waals surface area contributed by atoms with Crippen LogP contribution in [0.1, 0.15) is 61.0 Å². The van der Waals surface area contributed by atoms with Gasteiger partial charge in [0.15, 0.2) is 0 Å². The molecule has 1 aromatic heterocycles. The van der Waals surface area contributed by atoms with E-state index in [2.05, 4.69) is 10.6 Å². The number of imide groups is 1. The normalized spacial score (nSPS) is 12.8. The third-order valence-electron chi connectivity index (χ3n) is 4.97. The first-order valence-corrected chi connectivity index (χ1v) is 10.1. The second kappa shape index (κ2) is 8.50. The van der Waals surface area contributed by atoms with Crippen molar-refractivity contribution < 1.29 is 23.6 Å². The Bertz CT molecular complexity index is 1210. The molecule has 4 amide bonds. The van der Waals surface area contributed by atoms with Crippen molar-refractivity contribution in [1.29, 1.82) is 0 Å². The van der Waals surface area contributed by atoms with E-state index in [4.69, 9.17) is 4.42 Å². The van der Waals surface area contributed by atoms with Gasteiger partial charge in [-0.3, -0.25) is 24.1 Å². The molecule has 1 aliphatic heterocycles. The Hall–Kier alpha value is -4.20. The molecule has 162 valence electrons. The van der Waals surface area contributed by atoms with E-state index >= 15 is 0 Å². The summed E-state index contributed by atoms with van der Waals surface area (Å²) < 4.78 is 5.23. The van der Waals surface area contributed by atoms with E-state index in [9.17, 15) is 19.2 Å². The summed E-state index contributed by atoms with van der Waals surface area (Å²) in [5, 5.41) is 5.52. The molecule has 8 nitrogen and oxygen atoms in total. The van der Waals surface area contributed by atoms with Crippen molar-refractivity contribution in [3.05, 3.63) is 88.9 Å². The molecule has 0 aliphatic carbocycles. The number of benzene rings is 2. The molecule has 2 heterocycles. The Morgan fingerprint density at radius 1 is 0.938 bits per heavy atom. The van der Waals surface area contributed by atoms with Gasteiger partial charge in [0.05, 0.1) is 35.2 Å². The van der Waals surface area contributed by atoms with Gasteiger partial charge in [0.2, 0.25) is 0 Å². The highest BCUT2D eigenvalue weighted by molar-refractivity contribution is 6.22. The molecule has 0 unspecified atom stereocenters. The number of carbonyl (C=O) groups excluding carboxylic acids is 4. The van der Waals surface area contributed by atoms with E-state index in [-0.39, 0.29) is 35.2 Å². The lowest BCUT2D eigenvalue weighted by Crippen LogP contribution is -2.31. The summed E-state index contributed by atoms with van der Waals surface area (Å²) >= 11 is 0. The van der Waals surface area contributed by atoms with Gasteiger partial charge in [-0.1, -0.05) is 12.1 Å². The zero-order valence-corrected chi connectivity index (χ0v) is 17.5. The molecular formula is C24H21N3O5. The van der Waals surface area contributed by atoms with Gasteiger partial charge in [-0.25, -0.2) is 0 Å². The van der Waals surface area contributed by atoms with E-state index in [0.717, 1.165) is 4.90 Å². The van der Waals surface area contributed by atoms with E-state index in [1.54, 1.807) is 36.4 Å². The molecule has 0 saturated heterocycles. The molecular weight excluding hydrogens is 410 g/mol. The summed E-state index contributed by atoms with van der Waals surface area (Å²) in [5.74, 6) is -1.26. The van der Waals surface area contributed by atoms with Gasteiger partial charge in [0.1, 0.15) is 5.76 Å². The van der Waals surface area contributed by atoms with Crippen LogP contribution < -0.4 is 10.6 Å². The average molecular weight is 431 g/mol. The fraction of sp³-hybridized carbons (Fsp3) is 0.167. The van der Waals surface area contributed by atoms with Gasteiger partial charge >= 0.3 is 0 Å².